The summed E-state index contributed by atoms with van der Waals surface area (Å²) in [5.41, 5.74) is 0. The van der Waals surface area contributed by atoms with E-state index in [0.29, 0.717) is 0 Å². The van der Waals surface area contributed by atoms with E-state index in [1.54, 1.807) is 0 Å². The quantitative estimate of drug-likeness (QED) is 0.593. The summed E-state index contributed by atoms with van der Waals surface area (Å²) in [7, 11) is 12.9. The van der Waals surface area contributed by atoms with Gasteiger partial charge in [0.25, 0.3) is 0 Å². The molecular formula is Cl3MoSe. The van der Waals surface area contributed by atoms with Gasteiger partial charge in [0.05, 0.1) is 0 Å². The van der Waals surface area contributed by atoms with E-state index in [9.17, 15) is 0 Å². The van der Waals surface area contributed by atoms with Crippen LogP contribution in [0.5, 0.6) is 0 Å². The van der Waals surface area contributed by atoms with Gasteiger partial charge >= 0.3 is 51.4 Å². The van der Waals surface area contributed by atoms with Gasteiger partial charge in [-0.15, -0.1) is 0 Å². The molecule has 5 heteroatoms. The fourth-order valence-electron chi connectivity index (χ4n) is 0. The third kappa shape index (κ3) is 23.4. The first-order chi connectivity index (χ1) is 2.00. The SMILES string of the molecule is [Cl][Mo]([Cl])([Cl])=[Se]. The van der Waals surface area contributed by atoms with Crippen LogP contribution < -0.4 is 0 Å². The molecule has 0 aliphatic carbocycles. The Kier molecular flexibility index (Phi) is 3.40. The van der Waals surface area contributed by atoms with Crippen molar-refractivity contribution >= 4 is 41.1 Å². The number of hydrogen-bond donors (Lipinski definition) is 0. The third-order valence-electron chi connectivity index (χ3n) is 0. The van der Waals surface area contributed by atoms with Crippen LogP contribution in [-0.4, -0.2) is 12.8 Å². The van der Waals surface area contributed by atoms with Crippen molar-refractivity contribution in [2.75, 3.05) is 0 Å². The Hall–Kier alpha value is 2.08. The van der Waals surface area contributed by atoms with Gasteiger partial charge in [-0.25, -0.2) is 0 Å². The van der Waals surface area contributed by atoms with Crippen molar-refractivity contribution in [2.45, 2.75) is 0 Å². The van der Waals surface area contributed by atoms with Crippen molar-refractivity contribution in [3.05, 3.63) is 0 Å². The molecule has 0 aromatic carbocycles. The second-order valence-electron chi connectivity index (χ2n) is 0.364. The van der Waals surface area contributed by atoms with E-state index < -0.39 is 10.3 Å². The van der Waals surface area contributed by atoms with Gasteiger partial charge in [-0.1, -0.05) is 0 Å². The normalized spacial score (nSPS) is 11.8. The summed E-state index contributed by atoms with van der Waals surface area (Å²) >= 11 is 2.47. The molecule has 0 N–H and O–H groups in total. The zero-order valence-electron chi connectivity index (χ0n) is 1.95. The molecule has 0 aromatic heterocycles. The van der Waals surface area contributed by atoms with Crippen LogP contribution in [0.25, 0.3) is 0 Å². The van der Waals surface area contributed by atoms with E-state index in [1.807, 2.05) is 0 Å². The predicted octanol–water partition coefficient (Wildman–Crippen LogP) is 1.69. The molecule has 0 atom stereocenters. The predicted molar refractivity (Wildman–Crippen MR) is 23.3 cm³/mol. The third-order valence-corrected chi connectivity index (χ3v) is 0. The Balaban J connectivity index is 3.47. The summed E-state index contributed by atoms with van der Waals surface area (Å²) < 4.78 is 0. The molecule has 0 nitrogen and oxygen atoms in total. The van der Waals surface area contributed by atoms with Gasteiger partial charge in [0.2, 0.25) is 0 Å². The van der Waals surface area contributed by atoms with Crippen LogP contribution in [0.4, 0.5) is 0 Å². The maximum absolute atomic E-state index is 5.20. The van der Waals surface area contributed by atoms with Crippen molar-refractivity contribution < 1.29 is 10.3 Å². The molecule has 0 aliphatic rings. The monoisotopic (exact) mass is 283 g/mol. The molecule has 0 fully saturated rings. The van der Waals surface area contributed by atoms with Crippen molar-refractivity contribution in [1.29, 1.82) is 0 Å². The van der Waals surface area contributed by atoms with E-state index in [1.165, 1.54) is 0 Å². The topological polar surface area (TPSA) is 0 Å². The van der Waals surface area contributed by atoms with Crippen LogP contribution in [0, 0.1) is 0 Å². The summed E-state index contributed by atoms with van der Waals surface area (Å²) in [5.74, 6) is 0. The molecule has 0 aliphatic heterocycles. The van der Waals surface area contributed by atoms with E-state index in [-0.39, 0.29) is 0 Å². The molecule has 33 valence electrons. The van der Waals surface area contributed by atoms with Gasteiger partial charge < -0.3 is 0 Å². The van der Waals surface area contributed by atoms with Crippen molar-refractivity contribution in [2.24, 2.45) is 0 Å². The molecule has 0 saturated heterocycles. The number of hydrogen-bond acceptors (Lipinski definition) is 0. The molecule has 0 spiro atoms. The van der Waals surface area contributed by atoms with Crippen LogP contribution in [0.2, 0.25) is 0 Å². The molecule has 0 amide bonds. The molecule has 0 aromatic rings. The van der Waals surface area contributed by atoms with Gasteiger partial charge in [-0.05, 0) is 0 Å². The Bertz CT molecular complexity index is 53.0. The minimum absolute atomic E-state index is 2.47. The van der Waals surface area contributed by atoms with Crippen LogP contribution >= 0.6 is 28.3 Å². The second kappa shape index (κ2) is 2.40. The molecule has 0 rings (SSSR count). The molecule has 0 radical (unpaired) electrons. The molecule has 0 saturated carbocycles. The fraction of sp³-hybridized carbons (Fsp3) is 0. The van der Waals surface area contributed by atoms with E-state index in [0.717, 1.165) is 0 Å². The summed E-state index contributed by atoms with van der Waals surface area (Å²) in [5, 5.41) is 0. The van der Waals surface area contributed by atoms with Crippen LogP contribution in [0.15, 0.2) is 0 Å². The van der Waals surface area contributed by atoms with Gasteiger partial charge in [-0.2, -0.15) is 0 Å². The first kappa shape index (κ1) is 7.08. The van der Waals surface area contributed by atoms with Crippen LogP contribution in [0.1, 0.15) is 0 Å². The summed E-state index contributed by atoms with van der Waals surface area (Å²) in [6.07, 6.45) is 0. The van der Waals surface area contributed by atoms with Gasteiger partial charge in [0.1, 0.15) is 0 Å². The zero-order valence-corrected chi connectivity index (χ0v) is 7.94. The van der Waals surface area contributed by atoms with Crippen molar-refractivity contribution in [1.82, 2.24) is 0 Å². The van der Waals surface area contributed by atoms with Gasteiger partial charge in [-0.3, -0.25) is 0 Å². The van der Waals surface area contributed by atoms with Gasteiger partial charge in [0.15, 0.2) is 0 Å². The van der Waals surface area contributed by atoms with Crippen LogP contribution in [-0.2, 0) is 10.3 Å². The molecule has 0 unspecified atom stereocenters. The second-order valence-corrected chi connectivity index (χ2v) is 26.7. The Morgan fingerprint density at radius 1 is 1.20 bits per heavy atom. The number of rotatable bonds is 0. The van der Waals surface area contributed by atoms with Crippen molar-refractivity contribution in [3.8, 4) is 0 Å². The minimum atomic E-state index is -2.73. The average Bonchev–Trinajstić information content (AvgIpc) is 0.722. The Morgan fingerprint density at radius 3 is 1.20 bits per heavy atom. The summed E-state index contributed by atoms with van der Waals surface area (Å²) in [4.78, 5) is 0. The molecule has 0 bridgehead atoms. The summed E-state index contributed by atoms with van der Waals surface area (Å²) in [6, 6.07) is 0. The summed E-state index contributed by atoms with van der Waals surface area (Å²) in [6.45, 7) is 0. The van der Waals surface area contributed by atoms with E-state index >= 15 is 0 Å². The maximum atomic E-state index is 5.20. The fourth-order valence-corrected chi connectivity index (χ4v) is 0. The van der Waals surface area contributed by atoms with Crippen LogP contribution in [0.3, 0.4) is 0 Å². The first-order valence-corrected chi connectivity index (χ1v) is 13.3. The Morgan fingerprint density at radius 2 is 1.20 bits per heavy atom. The number of halogens is 3. The standard InChI is InChI=1S/3ClH.Mo.Se/h3*1H;;/q;;;+3;/p-3. The molecular weight excluding hydrogens is 281 g/mol. The molecule has 5 heavy (non-hydrogen) atoms. The average molecular weight is 281 g/mol. The first-order valence-electron chi connectivity index (χ1n) is 0.630. The molecule has 0 heterocycles. The Labute approximate surface area is 50.8 Å². The van der Waals surface area contributed by atoms with E-state index in [4.69, 9.17) is 28.3 Å². The zero-order chi connectivity index (χ0) is 4.50. The van der Waals surface area contributed by atoms with Crippen molar-refractivity contribution in [3.63, 3.8) is 0 Å². The van der Waals surface area contributed by atoms with Gasteiger partial charge in [0, 0.05) is 0 Å². The van der Waals surface area contributed by atoms with E-state index in [2.05, 4.69) is 12.8 Å².